The minimum absolute atomic E-state index is 0.784. The summed E-state index contributed by atoms with van der Waals surface area (Å²) in [5, 5.41) is 8.03. The number of likely N-dealkylation sites (tertiary alicyclic amines) is 1. The second-order valence-corrected chi connectivity index (χ2v) is 6.18. The van der Waals surface area contributed by atoms with E-state index in [0.717, 1.165) is 24.8 Å². The highest BCUT2D eigenvalue weighted by atomic mass is 15.3. The van der Waals surface area contributed by atoms with Crippen molar-refractivity contribution in [2.24, 2.45) is 7.05 Å². The van der Waals surface area contributed by atoms with E-state index in [1.807, 2.05) is 11.7 Å². The second-order valence-electron chi connectivity index (χ2n) is 6.18. The lowest BCUT2D eigenvalue weighted by Gasteiger charge is -2.33. The van der Waals surface area contributed by atoms with E-state index in [9.17, 15) is 0 Å². The van der Waals surface area contributed by atoms with Crippen molar-refractivity contribution in [2.75, 3.05) is 19.6 Å². The van der Waals surface area contributed by atoms with E-state index >= 15 is 0 Å². The quantitative estimate of drug-likeness (QED) is 0.811. The molecular weight excluding hydrogens is 248 g/mol. The lowest BCUT2D eigenvalue weighted by Crippen LogP contribution is -2.38. The molecule has 1 aromatic rings. The summed E-state index contributed by atoms with van der Waals surface area (Å²) in [6.07, 6.45) is 5.41. The monoisotopic (exact) mass is 278 g/mol. The summed E-state index contributed by atoms with van der Waals surface area (Å²) in [5.74, 6) is 0. The molecule has 4 heteroatoms. The first kappa shape index (κ1) is 15.5. The molecule has 1 aliphatic rings. The first-order valence-corrected chi connectivity index (χ1v) is 8.03. The predicted octanol–water partition coefficient (Wildman–Crippen LogP) is 2.39. The summed E-state index contributed by atoms with van der Waals surface area (Å²) in [7, 11) is 2.02. The van der Waals surface area contributed by atoms with Crippen LogP contribution in [0.1, 0.15) is 49.6 Å². The summed E-state index contributed by atoms with van der Waals surface area (Å²) < 4.78 is 1.97. The van der Waals surface area contributed by atoms with E-state index in [-0.39, 0.29) is 0 Å². The fraction of sp³-hybridized carbons (Fsp3) is 0.812. The Balaban J connectivity index is 1.66. The van der Waals surface area contributed by atoms with Gasteiger partial charge in [-0.3, -0.25) is 4.68 Å². The molecule has 1 aromatic heterocycles. The molecular formula is C16H30N4. The van der Waals surface area contributed by atoms with E-state index in [2.05, 4.69) is 36.1 Å². The zero-order chi connectivity index (χ0) is 14.5. The summed E-state index contributed by atoms with van der Waals surface area (Å²) in [6.45, 7) is 11.2. The molecule has 1 atom stereocenters. The first-order chi connectivity index (χ1) is 9.59. The van der Waals surface area contributed by atoms with Crippen molar-refractivity contribution >= 4 is 0 Å². The molecule has 0 aliphatic carbocycles. The van der Waals surface area contributed by atoms with Gasteiger partial charge in [0.05, 0.1) is 5.69 Å². The normalized spacial score (nSPS) is 20.5. The van der Waals surface area contributed by atoms with Crippen LogP contribution in [0.3, 0.4) is 0 Å². The van der Waals surface area contributed by atoms with Crippen LogP contribution in [0.2, 0.25) is 0 Å². The number of nitrogens with one attached hydrogen (secondary N) is 1. The molecule has 1 saturated heterocycles. The van der Waals surface area contributed by atoms with Gasteiger partial charge in [0.25, 0.3) is 0 Å². The largest absolute Gasteiger partial charge is 0.312 e. The number of rotatable bonds is 6. The van der Waals surface area contributed by atoms with Crippen LogP contribution in [-0.2, 0) is 13.6 Å². The molecule has 1 aliphatic heterocycles. The number of nitrogens with zero attached hydrogens (tertiary/aromatic N) is 3. The van der Waals surface area contributed by atoms with Crippen LogP contribution in [0, 0.1) is 13.8 Å². The summed E-state index contributed by atoms with van der Waals surface area (Å²) in [4.78, 5) is 2.64. The van der Waals surface area contributed by atoms with Crippen LogP contribution in [0.15, 0.2) is 0 Å². The van der Waals surface area contributed by atoms with Crippen molar-refractivity contribution in [1.82, 2.24) is 20.0 Å². The van der Waals surface area contributed by atoms with E-state index in [1.54, 1.807) is 0 Å². The van der Waals surface area contributed by atoms with Crippen molar-refractivity contribution in [1.29, 1.82) is 0 Å². The summed E-state index contributed by atoms with van der Waals surface area (Å²) in [5.41, 5.74) is 3.79. The molecule has 0 saturated carbocycles. The van der Waals surface area contributed by atoms with Crippen LogP contribution in [0.25, 0.3) is 0 Å². The molecule has 0 aromatic carbocycles. The number of hydrogen-bond donors (Lipinski definition) is 1. The van der Waals surface area contributed by atoms with Crippen molar-refractivity contribution in [2.45, 2.75) is 59.0 Å². The van der Waals surface area contributed by atoms with Gasteiger partial charge in [-0.1, -0.05) is 6.42 Å². The van der Waals surface area contributed by atoms with Crippen LogP contribution in [0.4, 0.5) is 0 Å². The summed E-state index contributed by atoms with van der Waals surface area (Å²) >= 11 is 0. The van der Waals surface area contributed by atoms with Gasteiger partial charge in [0.15, 0.2) is 0 Å². The molecule has 2 heterocycles. The van der Waals surface area contributed by atoms with Gasteiger partial charge in [-0.2, -0.15) is 5.10 Å². The molecule has 0 spiro atoms. The van der Waals surface area contributed by atoms with Gasteiger partial charge in [0.1, 0.15) is 0 Å². The Morgan fingerprint density at radius 3 is 2.75 bits per heavy atom. The van der Waals surface area contributed by atoms with Gasteiger partial charge in [0, 0.05) is 30.9 Å². The number of hydrogen-bond acceptors (Lipinski definition) is 3. The Bertz CT molecular complexity index is 424. The molecule has 0 radical (unpaired) electrons. The average Bonchev–Trinajstić information content (AvgIpc) is 2.66. The second kappa shape index (κ2) is 7.23. The number of aromatic nitrogens is 2. The maximum absolute atomic E-state index is 4.46. The first-order valence-electron chi connectivity index (χ1n) is 8.03. The van der Waals surface area contributed by atoms with Crippen LogP contribution >= 0.6 is 0 Å². The highest BCUT2D eigenvalue weighted by molar-refractivity contribution is 5.23. The minimum Gasteiger partial charge on any atom is -0.312 e. The predicted molar refractivity (Wildman–Crippen MR) is 83.9 cm³/mol. The average molecular weight is 278 g/mol. The lowest BCUT2D eigenvalue weighted by molar-refractivity contribution is 0.159. The van der Waals surface area contributed by atoms with E-state index in [1.165, 1.54) is 50.0 Å². The maximum Gasteiger partial charge on any atom is 0.0641 e. The molecule has 2 rings (SSSR count). The van der Waals surface area contributed by atoms with Gasteiger partial charge >= 0.3 is 0 Å². The number of piperidine rings is 1. The molecule has 1 N–H and O–H groups in total. The molecule has 114 valence electrons. The smallest absolute Gasteiger partial charge is 0.0641 e. The third kappa shape index (κ3) is 3.83. The Morgan fingerprint density at radius 1 is 1.30 bits per heavy atom. The van der Waals surface area contributed by atoms with Gasteiger partial charge < -0.3 is 10.2 Å². The Kier molecular flexibility index (Phi) is 5.61. The van der Waals surface area contributed by atoms with E-state index in [0.29, 0.717) is 0 Å². The van der Waals surface area contributed by atoms with Crippen LogP contribution in [0.5, 0.6) is 0 Å². The van der Waals surface area contributed by atoms with Crippen LogP contribution in [-0.4, -0.2) is 40.4 Å². The molecule has 0 bridgehead atoms. The van der Waals surface area contributed by atoms with Crippen molar-refractivity contribution in [3.8, 4) is 0 Å². The highest BCUT2D eigenvalue weighted by Gasteiger charge is 2.17. The van der Waals surface area contributed by atoms with Gasteiger partial charge in [-0.25, -0.2) is 0 Å². The zero-order valence-corrected chi connectivity index (χ0v) is 13.6. The van der Waals surface area contributed by atoms with Gasteiger partial charge in [-0.15, -0.1) is 0 Å². The van der Waals surface area contributed by atoms with Crippen molar-refractivity contribution in [3.05, 3.63) is 17.0 Å². The summed E-state index contributed by atoms with van der Waals surface area (Å²) in [6, 6.07) is 0.784. The van der Waals surface area contributed by atoms with E-state index < -0.39 is 0 Å². The fourth-order valence-corrected chi connectivity index (χ4v) is 3.18. The molecule has 1 fully saturated rings. The Hall–Kier alpha value is -0.870. The zero-order valence-electron chi connectivity index (χ0n) is 13.6. The maximum atomic E-state index is 4.46. The SMILES string of the molecule is Cc1nn(C)c(C)c1CNCCCN1CCCCC1C. The molecule has 4 nitrogen and oxygen atoms in total. The third-order valence-corrected chi connectivity index (χ3v) is 4.70. The lowest BCUT2D eigenvalue weighted by atomic mass is 10.0. The van der Waals surface area contributed by atoms with Crippen LogP contribution < -0.4 is 5.32 Å². The fourth-order valence-electron chi connectivity index (χ4n) is 3.18. The highest BCUT2D eigenvalue weighted by Crippen LogP contribution is 2.16. The molecule has 0 amide bonds. The minimum atomic E-state index is 0.784. The topological polar surface area (TPSA) is 33.1 Å². The molecule has 20 heavy (non-hydrogen) atoms. The van der Waals surface area contributed by atoms with Crippen molar-refractivity contribution in [3.63, 3.8) is 0 Å². The molecule has 1 unspecified atom stereocenters. The van der Waals surface area contributed by atoms with Crippen molar-refractivity contribution < 1.29 is 0 Å². The van der Waals surface area contributed by atoms with E-state index in [4.69, 9.17) is 0 Å². The Labute approximate surface area is 123 Å². The van der Waals surface area contributed by atoms with Gasteiger partial charge in [-0.05, 0) is 59.7 Å². The Morgan fingerprint density at radius 2 is 2.10 bits per heavy atom. The standard InChI is InChI=1S/C16H30N4/c1-13-8-5-6-10-20(13)11-7-9-17-12-16-14(2)18-19(4)15(16)3/h13,17H,5-12H2,1-4H3. The van der Waals surface area contributed by atoms with Gasteiger partial charge in [0.2, 0.25) is 0 Å². The number of aryl methyl sites for hydroxylation is 2. The third-order valence-electron chi connectivity index (χ3n) is 4.70.